The lowest BCUT2D eigenvalue weighted by molar-refractivity contribution is -0.117. The van der Waals surface area contributed by atoms with E-state index in [1.165, 1.54) is 6.42 Å². The third kappa shape index (κ3) is 5.31. The van der Waals surface area contributed by atoms with Gasteiger partial charge in [-0.1, -0.05) is 26.2 Å². The number of carbonyl (C=O) groups is 1. The molecule has 0 aromatic rings. The lowest BCUT2D eigenvalue weighted by Crippen LogP contribution is -2.14. The summed E-state index contributed by atoms with van der Waals surface area (Å²) in [6, 6.07) is 0. The summed E-state index contributed by atoms with van der Waals surface area (Å²) in [5, 5.41) is 0. The molecule has 0 heterocycles. The Kier molecular flexibility index (Phi) is 7.12. The Hall–Kier alpha value is -0.950. The molecule has 0 rings (SSSR count). The van der Waals surface area contributed by atoms with Crippen molar-refractivity contribution < 1.29 is 9.58 Å². The lowest BCUT2D eigenvalue weighted by atomic mass is 10.1. The minimum atomic E-state index is -0.131. The van der Waals surface area contributed by atoms with Crippen LogP contribution in [0, 0.1) is 13.3 Å². The van der Waals surface area contributed by atoms with Gasteiger partial charge in [-0.25, -0.2) is 0 Å². The Balaban J connectivity index is 3.68. The van der Waals surface area contributed by atoms with Gasteiger partial charge in [0.05, 0.1) is 6.42 Å². The zero-order valence-corrected chi connectivity index (χ0v) is 8.12. The van der Waals surface area contributed by atoms with Crippen LogP contribution in [-0.2, 0) is 4.79 Å². The van der Waals surface area contributed by atoms with Crippen LogP contribution >= 0.6 is 0 Å². The number of Topliss-reactive ketones (excluding diaryl/α,β-unsaturated/α-hetero) is 1. The first-order chi connectivity index (χ1) is 6.26. The van der Waals surface area contributed by atoms with Crippen molar-refractivity contribution in [3.8, 4) is 0 Å². The molecular formula is C10H16N2O. The topological polar surface area (TPSA) is 53.5 Å². The van der Waals surface area contributed by atoms with E-state index >= 15 is 0 Å². The van der Waals surface area contributed by atoms with Gasteiger partial charge >= 0.3 is 5.71 Å². The molecule has 0 bridgehead atoms. The number of rotatable bonds is 7. The maximum absolute atomic E-state index is 11.2. The summed E-state index contributed by atoms with van der Waals surface area (Å²) in [7, 11) is 0. The highest BCUT2D eigenvalue weighted by Gasteiger charge is 2.16. The maximum atomic E-state index is 11.2. The van der Waals surface area contributed by atoms with Gasteiger partial charge in [0.2, 0.25) is 5.78 Å². The molecule has 0 unspecified atom stereocenters. The fraction of sp³-hybridized carbons (Fsp3) is 0.600. The van der Waals surface area contributed by atoms with Crippen LogP contribution in [0.15, 0.2) is 0 Å². The van der Waals surface area contributed by atoms with Gasteiger partial charge in [-0.05, 0) is 13.3 Å². The van der Waals surface area contributed by atoms with E-state index in [0.717, 1.165) is 25.7 Å². The second-order valence-electron chi connectivity index (χ2n) is 2.92. The van der Waals surface area contributed by atoms with E-state index in [1.54, 1.807) is 0 Å². The third-order valence-corrected chi connectivity index (χ3v) is 1.84. The van der Waals surface area contributed by atoms with Crippen molar-refractivity contribution in [3.05, 3.63) is 18.9 Å². The van der Waals surface area contributed by atoms with Crippen molar-refractivity contribution in [1.82, 2.24) is 0 Å². The highest BCUT2D eigenvalue weighted by Crippen LogP contribution is 2.03. The van der Waals surface area contributed by atoms with E-state index < -0.39 is 0 Å². The molecule has 3 heteroatoms. The molecule has 0 aliphatic rings. The Morgan fingerprint density at radius 3 is 2.62 bits per heavy atom. The molecule has 0 spiro atoms. The van der Waals surface area contributed by atoms with Crippen LogP contribution in [0.3, 0.4) is 0 Å². The van der Waals surface area contributed by atoms with E-state index in [1.807, 2.05) is 0 Å². The second kappa shape index (κ2) is 7.69. The molecule has 72 valence electrons. The SMILES string of the molecule is [CH2][CH]C(=[N+]=[N-])C(=O)CCCCCC. The molecular weight excluding hydrogens is 164 g/mol. The van der Waals surface area contributed by atoms with Gasteiger partial charge in [-0.3, -0.25) is 4.79 Å². The first-order valence-corrected chi connectivity index (χ1v) is 4.64. The van der Waals surface area contributed by atoms with Crippen molar-refractivity contribution in [2.24, 2.45) is 0 Å². The quantitative estimate of drug-likeness (QED) is 0.256. The van der Waals surface area contributed by atoms with Crippen molar-refractivity contribution in [3.63, 3.8) is 0 Å². The average Bonchev–Trinajstić information content (AvgIpc) is 2.14. The van der Waals surface area contributed by atoms with Crippen molar-refractivity contribution in [2.45, 2.75) is 39.0 Å². The van der Waals surface area contributed by atoms with Gasteiger partial charge in [0.15, 0.2) is 0 Å². The number of hydrogen-bond acceptors (Lipinski definition) is 1. The van der Waals surface area contributed by atoms with Crippen LogP contribution in [0.5, 0.6) is 0 Å². The molecule has 0 N–H and O–H groups in total. The normalized spacial score (nSPS) is 9.38. The number of nitrogens with zero attached hydrogens (tertiary/aromatic N) is 2. The lowest BCUT2D eigenvalue weighted by Gasteiger charge is -1.95. The van der Waals surface area contributed by atoms with Crippen molar-refractivity contribution in [2.75, 3.05) is 0 Å². The molecule has 0 saturated carbocycles. The van der Waals surface area contributed by atoms with Crippen LogP contribution in [0.2, 0.25) is 0 Å². The first-order valence-electron chi connectivity index (χ1n) is 4.64. The summed E-state index contributed by atoms with van der Waals surface area (Å²) in [5.41, 5.74) is 8.46. The molecule has 0 atom stereocenters. The van der Waals surface area contributed by atoms with Gasteiger partial charge in [-0.15, -0.1) is 0 Å². The molecule has 0 saturated heterocycles. The van der Waals surface area contributed by atoms with Gasteiger partial charge < -0.3 is 5.53 Å². The molecule has 3 nitrogen and oxygen atoms in total. The van der Waals surface area contributed by atoms with Gasteiger partial charge in [-0.2, -0.15) is 4.79 Å². The molecule has 0 fully saturated rings. The minimum absolute atomic E-state index is 0.0662. The molecule has 0 aromatic heterocycles. The fourth-order valence-corrected chi connectivity index (χ4v) is 1.05. The summed E-state index contributed by atoms with van der Waals surface area (Å²) in [4.78, 5) is 14.1. The van der Waals surface area contributed by atoms with Crippen LogP contribution in [-0.4, -0.2) is 16.3 Å². The zero-order chi connectivity index (χ0) is 10.1. The Bertz CT molecular complexity index is 205. The molecule has 0 amide bonds. The number of hydrogen-bond donors (Lipinski definition) is 0. The summed E-state index contributed by atoms with van der Waals surface area (Å²) in [5.74, 6) is -0.131. The van der Waals surface area contributed by atoms with E-state index in [9.17, 15) is 4.79 Å². The fourth-order valence-electron chi connectivity index (χ4n) is 1.05. The molecule has 13 heavy (non-hydrogen) atoms. The second-order valence-corrected chi connectivity index (χ2v) is 2.92. The van der Waals surface area contributed by atoms with E-state index in [0.29, 0.717) is 6.42 Å². The van der Waals surface area contributed by atoms with Crippen LogP contribution < -0.4 is 0 Å². The highest BCUT2D eigenvalue weighted by atomic mass is 16.1. The highest BCUT2D eigenvalue weighted by molar-refractivity contribution is 6.40. The molecule has 0 aliphatic heterocycles. The van der Waals surface area contributed by atoms with Crippen molar-refractivity contribution >= 4 is 11.5 Å². The zero-order valence-electron chi connectivity index (χ0n) is 8.12. The summed E-state index contributed by atoms with van der Waals surface area (Å²) < 4.78 is 0. The molecule has 0 aliphatic carbocycles. The largest absolute Gasteiger partial charge is 0.361 e. The predicted octanol–water partition coefficient (Wildman–Crippen LogP) is 2.24. The average molecular weight is 180 g/mol. The minimum Gasteiger partial charge on any atom is -0.361 e. The predicted molar refractivity (Wildman–Crippen MR) is 52.0 cm³/mol. The number of unbranched alkanes of at least 4 members (excludes halogenated alkanes) is 3. The van der Waals surface area contributed by atoms with Gasteiger partial charge in [0.1, 0.15) is 0 Å². The maximum Gasteiger partial charge on any atom is 0.338 e. The Morgan fingerprint density at radius 2 is 2.15 bits per heavy atom. The first kappa shape index (κ1) is 12.0. The summed E-state index contributed by atoms with van der Waals surface area (Å²) in [6.45, 7) is 5.50. The Morgan fingerprint density at radius 1 is 1.46 bits per heavy atom. The van der Waals surface area contributed by atoms with Crippen LogP contribution in [0.25, 0.3) is 5.53 Å². The Labute approximate surface area is 79.8 Å². The summed E-state index contributed by atoms with van der Waals surface area (Å²) >= 11 is 0. The third-order valence-electron chi connectivity index (χ3n) is 1.84. The van der Waals surface area contributed by atoms with Crippen LogP contribution in [0.4, 0.5) is 0 Å². The monoisotopic (exact) mass is 180 g/mol. The number of ketones is 1. The molecule has 0 aromatic carbocycles. The van der Waals surface area contributed by atoms with E-state index in [2.05, 4.69) is 18.6 Å². The van der Waals surface area contributed by atoms with E-state index in [4.69, 9.17) is 5.53 Å². The summed E-state index contributed by atoms with van der Waals surface area (Å²) in [6.07, 6.45) is 5.94. The van der Waals surface area contributed by atoms with Gasteiger partial charge in [0.25, 0.3) is 0 Å². The van der Waals surface area contributed by atoms with Crippen molar-refractivity contribution in [1.29, 1.82) is 0 Å². The molecule has 2 radical (unpaired) electrons. The van der Waals surface area contributed by atoms with Gasteiger partial charge in [0, 0.05) is 6.42 Å². The van der Waals surface area contributed by atoms with Crippen LogP contribution in [0.1, 0.15) is 39.0 Å². The standard InChI is InChI=1S/C10H16N2O/c1-3-5-6-7-8-10(13)9(4-2)12-11/h4H,2-3,5-8H2,1H3. The van der Waals surface area contributed by atoms with E-state index in [-0.39, 0.29) is 11.5 Å². The number of carbonyl (C=O) groups excluding carboxylic acids is 1. The smallest absolute Gasteiger partial charge is 0.338 e.